The summed E-state index contributed by atoms with van der Waals surface area (Å²) in [6.07, 6.45) is 16.4. The predicted octanol–water partition coefficient (Wildman–Crippen LogP) is 9.52. The number of allylic oxidation sites excluding steroid dienone is 4. The van der Waals surface area contributed by atoms with Crippen molar-refractivity contribution in [3.63, 3.8) is 0 Å². The Morgan fingerprint density at radius 2 is 1.78 bits per heavy atom. The van der Waals surface area contributed by atoms with Crippen LogP contribution in [0.5, 0.6) is 0 Å². The number of hydrogen-bond donors (Lipinski definition) is 1. The van der Waals surface area contributed by atoms with Gasteiger partial charge in [0.1, 0.15) is 6.10 Å². The molecule has 5 heteroatoms. The van der Waals surface area contributed by atoms with E-state index in [2.05, 4.69) is 71.8 Å². The molecule has 5 nitrogen and oxygen atoms in total. The smallest absolute Gasteiger partial charge is 0.306 e. The number of nitrogens with zero attached hydrogens (tertiary/aromatic N) is 1. The average molecular weight is 617 g/mol. The normalized spacial score (nSPS) is 34.2. The van der Waals surface area contributed by atoms with Gasteiger partial charge < -0.3 is 10.1 Å². The highest BCUT2D eigenvalue weighted by Gasteiger charge is 2.63. The maximum atomic E-state index is 13.0. The van der Waals surface area contributed by atoms with E-state index >= 15 is 0 Å². The van der Waals surface area contributed by atoms with Gasteiger partial charge in [-0.2, -0.15) is 0 Å². The highest BCUT2D eigenvalue weighted by atomic mass is 16.5. The van der Waals surface area contributed by atoms with Crippen LogP contribution in [-0.2, 0) is 20.9 Å². The molecule has 2 saturated carbocycles. The summed E-state index contributed by atoms with van der Waals surface area (Å²) < 4.78 is 6.19. The van der Waals surface area contributed by atoms with E-state index in [1.807, 2.05) is 23.8 Å². The number of rotatable bonds is 10. The van der Waals surface area contributed by atoms with Crippen LogP contribution in [0.1, 0.15) is 138 Å². The lowest BCUT2D eigenvalue weighted by molar-refractivity contribution is -0.170. The molecule has 0 unspecified atom stereocenters. The maximum Gasteiger partial charge on any atom is 0.306 e. The first kappa shape index (κ1) is 33.9. The van der Waals surface area contributed by atoms with Gasteiger partial charge in [0.2, 0.25) is 5.91 Å². The van der Waals surface area contributed by atoms with E-state index in [9.17, 15) is 9.59 Å². The van der Waals surface area contributed by atoms with E-state index < -0.39 is 0 Å². The van der Waals surface area contributed by atoms with Crippen LogP contribution in [0.3, 0.4) is 0 Å². The lowest BCUT2D eigenvalue weighted by Crippen LogP contribution is -2.55. The Labute approximate surface area is 273 Å². The number of hydrogen-bond acceptors (Lipinski definition) is 4. The topological polar surface area (TPSA) is 68.3 Å². The minimum absolute atomic E-state index is 0.108. The SMILES string of the molecule is CC(C)=CCC[C@@H](C)[C@H]1CC[C@@]2(C)C3=C(CC[C@]12C)[C@@]1(C)CC[C@H](OC(=O)CCC(=O)NCc2ccccn2)C(C)(C)[C@@H]1CC3. The molecular weight excluding hydrogens is 556 g/mol. The van der Waals surface area contributed by atoms with Crippen LogP contribution in [0.15, 0.2) is 47.2 Å². The Bertz CT molecular complexity index is 1310. The first-order valence-corrected chi connectivity index (χ1v) is 17.9. The molecule has 1 N–H and O–H groups in total. The van der Waals surface area contributed by atoms with Crippen LogP contribution in [0.2, 0.25) is 0 Å². The Morgan fingerprint density at radius 3 is 2.49 bits per heavy atom. The number of pyridine rings is 1. The maximum absolute atomic E-state index is 13.0. The minimum atomic E-state index is -0.253. The highest BCUT2D eigenvalue weighted by Crippen LogP contribution is 2.72. The highest BCUT2D eigenvalue weighted by molar-refractivity contribution is 5.81. The molecular formula is C40H60N2O3. The summed E-state index contributed by atoms with van der Waals surface area (Å²) >= 11 is 0. The largest absolute Gasteiger partial charge is 0.462 e. The van der Waals surface area contributed by atoms with Crippen LogP contribution >= 0.6 is 0 Å². The molecule has 5 rings (SSSR count). The summed E-state index contributed by atoms with van der Waals surface area (Å²) in [5.74, 6) is 1.66. The molecule has 0 aliphatic heterocycles. The van der Waals surface area contributed by atoms with E-state index in [0.29, 0.717) is 23.3 Å². The molecule has 0 bridgehead atoms. The number of ether oxygens (including phenoxy) is 1. The standard InChI is InChI=1S/C40H60N2O3/c1-27(2)12-11-13-28(3)30-19-23-40(8)32-15-16-33-37(4,5)34(21-22-38(33,6)31(32)20-24-39(30,40)7)45-36(44)18-17-35(43)42-26-29-14-9-10-25-41-29/h9-10,12,14,25,28,30,33-34H,11,13,15-24,26H2,1-8H3,(H,42,43)/t28-,30-,33+,34+,38-,39-,40+/m1/s1. The quantitative estimate of drug-likeness (QED) is 0.210. The van der Waals surface area contributed by atoms with Crippen LogP contribution in [0, 0.1) is 39.4 Å². The van der Waals surface area contributed by atoms with Crippen molar-refractivity contribution >= 4 is 11.9 Å². The Morgan fingerprint density at radius 1 is 1.00 bits per heavy atom. The Balaban J connectivity index is 1.23. The van der Waals surface area contributed by atoms with Crippen LogP contribution < -0.4 is 5.32 Å². The summed E-state index contributed by atoms with van der Waals surface area (Å²) in [6.45, 7) is 19.9. The summed E-state index contributed by atoms with van der Waals surface area (Å²) in [5, 5.41) is 2.87. The van der Waals surface area contributed by atoms with Gasteiger partial charge in [0.25, 0.3) is 0 Å². The lowest BCUT2D eigenvalue weighted by Gasteiger charge is -2.62. The van der Waals surface area contributed by atoms with Gasteiger partial charge in [-0.05, 0) is 124 Å². The molecule has 0 saturated heterocycles. The fraction of sp³-hybridized carbons (Fsp3) is 0.725. The van der Waals surface area contributed by atoms with Gasteiger partial charge in [0, 0.05) is 18.0 Å². The van der Waals surface area contributed by atoms with Crippen molar-refractivity contribution in [2.45, 2.75) is 145 Å². The number of carbonyl (C=O) groups excluding carboxylic acids is 2. The third-order valence-electron chi connectivity index (χ3n) is 13.6. The van der Waals surface area contributed by atoms with E-state index in [4.69, 9.17) is 4.74 Å². The van der Waals surface area contributed by atoms with Gasteiger partial charge in [0.05, 0.1) is 18.7 Å². The third kappa shape index (κ3) is 6.31. The number of nitrogens with one attached hydrogen (secondary N) is 1. The fourth-order valence-electron chi connectivity index (χ4n) is 10.9. The van der Waals surface area contributed by atoms with Crippen molar-refractivity contribution < 1.29 is 14.3 Å². The molecule has 1 aromatic rings. The third-order valence-corrected chi connectivity index (χ3v) is 13.6. The summed E-state index contributed by atoms with van der Waals surface area (Å²) in [7, 11) is 0. The number of carbonyl (C=O) groups is 2. The zero-order valence-corrected chi connectivity index (χ0v) is 29.6. The second-order valence-electron chi connectivity index (χ2n) is 16.6. The minimum Gasteiger partial charge on any atom is -0.462 e. The summed E-state index contributed by atoms with van der Waals surface area (Å²) in [4.78, 5) is 29.7. The monoisotopic (exact) mass is 616 g/mol. The molecule has 1 heterocycles. The van der Waals surface area contributed by atoms with Crippen molar-refractivity contribution in [1.29, 1.82) is 0 Å². The van der Waals surface area contributed by atoms with Crippen molar-refractivity contribution in [3.05, 3.63) is 52.9 Å². The van der Waals surface area contributed by atoms with Gasteiger partial charge in [-0.1, -0.05) is 70.4 Å². The number of esters is 1. The molecule has 45 heavy (non-hydrogen) atoms. The summed E-state index contributed by atoms with van der Waals surface area (Å²) in [6, 6.07) is 5.63. The molecule has 4 aliphatic rings. The van der Waals surface area contributed by atoms with E-state index in [-0.39, 0.29) is 41.7 Å². The van der Waals surface area contributed by atoms with Crippen molar-refractivity contribution in [3.8, 4) is 0 Å². The molecule has 4 aliphatic carbocycles. The Hall–Kier alpha value is -2.43. The Kier molecular flexibility index (Phi) is 9.79. The van der Waals surface area contributed by atoms with Crippen LogP contribution in [0.25, 0.3) is 0 Å². The number of amides is 1. The van der Waals surface area contributed by atoms with Crippen molar-refractivity contribution in [2.75, 3.05) is 0 Å². The fourth-order valence-corrected chi connectivity index (χ4v) is 10.9. The molecule has 1 amide bonds. The summed E-state index contributed by atoms with van der Waals surface area (Å²) in [5.41, 5.74) is 6.58. The average Bonchev–Trinajstić information content (AvgIpc) is 3.28. The van der Waals surface area contributed by atoms with Crippen molar-refractivity contribution in [1.82, 2.24) is 10.3 Å². The van der Waals surface area contributed by atoms with Crippen LogP contribution in [0.4, 0.5) is 0 Å². The van der Waals surface area contributed by atoms with Gasteiger partial charge in [0.15, 0.2) is 0 Å². The molecule has 7 atom stereocenters. The zero-order valence-electron chi connectivity index (χ0n) is 29.6. The van der Waals surface area contributed by atoms with Gasteiger partial charge >= 0.3 is 5.97 Å². The molecule has 0 radical (unpaired) electrons. The molecule has 0 spiro atoms. The molecule has 2 fully saturated rings. The first-order chi connectivity index (χ1) is 21.2. The molecule has 1 aromatic heterocycles. The number of fused-ring (bicyclic) bond motifs is 4. The molecule has 248 valence electrons. The van der Waals surface area contributed by atoms with E-state index in [1.54, 1.807) is 11.8 Å². The second-order valence-corrected chi connectivity index (χ2v) is 16.6. The van der Waals surface area contributed by atoms with Crippen molar-refractivity contribution in [2.24, 2.45) is 39.4 Å². The molecule has 0 aromatic carbocycles. The van der Waals surface area contributed by atoms with Gasteiger partial charge in [-0.25, -0.2) is 0 Å². The zero-order chi connectivity index (χ0) is 32.6. The van der Waals surface area contributed by atoms with Crippen LogP contribution in [-0.4, -0.2) is 23.0 Å². The lowest BCUT2D eigenvalue weighted by atomic mass is 9.43. The number of aromatic nitrogens is 1. The van der Waals surface area contributed by atoms with Gasteiger partial charge in [-0.15, -0.1) is 0 Å². The van der Waals surface area contributed by atoms with E-state index in [0.717, 1.165) is 30.4 Å². The van der Waals surface area contributed by atoms with E-state index in [1.165, 1.54) is 56.9 Å². The first-order valence-electron chi connectivity index (χ1n) is 17.9. The second kappa shape index (κ2) is 13.0. The predicted molar refractivity (Wildman–Crippen MR) is 182 cm³/mol. The van der Waals surface area contributed by atoms with Gasteiger partial charge in [-0.3, -0.25) is 14.6 Å².